The van der Waals surface area contributed by atoms with Crippen LogP contribution in [0.4, 0.5) is 10.2 Å². The van der Waals surface area contributed by atoms with E-state index < -0.39 is 10.0 Å². The van der Waals surface area contributed by atoms with E-state index in [1.165, 1.54) is 12.4 Å². The lowest BCUT2D eigenvalue weighted by Crippen LogP contribution is -2.47. The van der Waals surface area contributed by atoms with Crippen molar-refractivity contribution in [1.82, 2.24) is 14.7 Å². The second-order valence-electron chi connectivity index (χ2n) is 5.51. The van der Waals surface area contributed by atoms with Gasteiger partial charge in [-0.3, -0.25) is 0 Å². The van der Waals surface area contributed by atoms with Crippen molar-refractivity contribution in [3.8, 4) is 0 Å². The Balaban J connectivity index is 1.92. The summed E-state index contributed by atoms with van der Waals surface area (Å²) >= 11 is 0. The van der Waals surface area contributed by atoms with Gasteiger partial charge in [-0.15, -0.1) is 0 Å². The van der Waals surface area contributed by atoms with Gasteiger partial charge in [-0.05, 0) is 25.0 Å². The van der Waals surface area contributed by atoms with Gasteiger partial charge in [0, 0.05) is 24.5 Å². The van der Waals surface area contributed by atoms with Crippen LogP contribution in [-0.4, -0.2) is 43.8 Å². The van der Waals surface area contributed by atoms with E-state index in [2.05, 4.69) is 14.7 Å². The maximum absolute atomic E-state index is 13.8. The van der Waals surface area contributed by atoms with E-state index in [-0.39, 0.29) is 17.4 Å². The number of piperidine rings is 1. The van der Waals surface area contributed by atoms with E-state index in [0.29, 0.717) is 17.7 Å². The fourth-order valence-corrected chi connectivity index (χ4v) is 3.66. The molecular formula is C14H17FN4O2S. The lowest BCUT2D eigenvalue weighted by molar-refractivity contribution is 0.466. The third-order valence-corrected chi connectivity index (χ3v) is 4.46. The van der Waals surface area contributed by atoms with Crippen molar-refractivity contribution < 1.29 is 12.8 Å². The molecule has 0 aliphatic carbocycles. The molecule has 0 amide bonds. The molecule has 1 atom stereocenters. The SMILES string of the molecule is CS(=O)(=O)NC1CCCN(c2ncnc3c(F)cccc23)C1. The molecule has 2 aromatic rings. The number of nitrogens with one attached hydrogen (secondary N) is 1. The maximum Gasteiger partial charge on any atom is 0.209 e. The fourth-order valence-electron chi connectivity index (χ4n) is 2.86. The minimum atomic E-state index is -3.25. The van der Waals surface area contributed by atoms with Crippen LogP contribution in [0.25, 0.3) is 10.9 Å². The molecule has 1 saturated heterocycles. The predicted octanol–water partition coefficient (Wildman–Crippen LogP) is 1.29. The number of hydrogen-bond acceptors (Lipinski definition) is 5. The van der Waals surface area contributed by atoms with E-state index in [1.54, 1.807) is 12.1 Å². The van der Waals surface area contributed by atoms with Crippen molar-refractivity contribution in [3.05, 3.63) is 30.3 Å². The smallest absolute Gasteiger partial charge is 0.209 e. The average molecular weight is 324 g/mol. The topological polar surface area (TPSA) is 75.2 Å². The molecule has 1 aliphatic rings. The Morgan fingerprint density at radius 3 is 2.95 bits per heavy atom. The Kier molecular flexibility index (Phi) is 3.96. The van der Waals surface area contributed by atoms with Gasteiger partial charge in [-0.1, -0.05) is 6.07 Å². The van der Waals surface area contributed by atoms with Crippen LogP contribution >= 0.6 is 0 Å². The summed E-state index contributed by atoms with van der Waals surface area (Å²) in [4.78, 5) is 10.2. The normalized spacial score (nSPS) is 19.5. The van der Waals surface area contributed by atoms with Crippen molar-refractivity contribution in [2.75, 3.05) is 24.2 Å². The number of sulfonamides is 1. The zero-order valence-electron chi connectivity index (χ0n) is 12.2. The van der Waals surface area contributed by atoms with Gasteiger partial charge < -0.3 is 4.90 Å². The predicted molar refractivity (Wildman–Crippen MR) is 82.7 cm³/mol. The second kappa shape index (κ2) is 5.77. The summed E-state index contributed by atoms with van der Waals surface area (Å²) in [7, 11) is -3.25. The third kappa shape index (κ3) is 3.17. The Hall–Kier alpha value is -1.80. The quantitative estimate of drug-likeness (QED) is 0.921. The minimum absolute atomic E-state index is 0.165. The van der Waals surface area contributed by atoms with Crippen LogP contribution in [0.2, 0.25) is 0 Å². The number of halogens is 1. The van der Waals surface area contributed by atoms with Crippen LogP contribution in [0.1, 0.15) is 12.8 Å². The number of rotatable bonds is 3. The molecule has 1 aromatic carbocycles. The maximum atomic E-state index is 13.8. The molecule has 1 aromatic heterocycles. The number of hydrogen-bond donors (Lipinski definition) is 1. The van der Waals surface area contributed by atoms with Gasteiger partial charge in [0.2, 0.25) is 10.0 Å². The van der Waals surface area contributed by atoms with Crippen molar-refractivity contribution in [2.24, 2.45) is 0 Å². The molecule has 22 heavy (non-hydrogen) atoms. The van der Waals surface area contributed by atoms with Crippen LogP contribution in [0.3, 0.4) is 0 Å². The fraction of sp³-hybridized carbons (Fsp3) is 0.429. The summed E-state index contributed by atoms with van der Waals surface area (Å²) in [5.74, 6) is 0.258. The van der Waals surface area contributed by atoms with Crippen molar-refractivity contribution in [2.45, 2.75) is 18.9 Å². The van der Waals surface area contributed by atoms with Crippen molar-refractivity contribution >= 4 is 26.7 Å². The Morgan fingerprint density at radius 1 is 1.36 bits per heavy atom. The third-order valence-electron chi connectivity index (χ3n) is 3.70. The van der Waals surface area contributed by atoms with Crippen molar-refractivity contribution in [1.29, 1.82) is 0 Å². The lowest BCUT2D eigenvalue weighted by atomic mass is 10.1. The number of anilines is 1. The average Bonchev–Trinajstić information content (AvgIpc) is 2.46. The molecule has 1 N–H and O–H groups in total. The first-order valence-corrected chi connectivity index (χ1v) is 8.94. The summed E-state index contributed by atoms with van der Waals surface area (Å²) in [5, 5.41) is 0.641. The van der Waals surface area contributed by atoms with E-state index in [4.69, 9.17) is 0 Å². The van der Waals surface area contributed by atoms with Crippen LogP contribution in [0.15, 0.2) is 24.5 Å². The molecule has 2 heterocycles. The first-order valence-electron chi connectivity index (χ1n) is 7.05. The first kappa shape index (κ1) is 15.1. The van der Waals surface area contributed by atoms with Gasteiger partial charge in [0.05, 0.1) is 6.26 Å². The van der Waals surface area contributed by atoms with E-state index in [1.807, 2.05) is 4.90 Å². The van der Waals surface area contributed by atoms with Gasteiger partial charge in [-0.2, -0.15) is 0 Å². The lowest BCUT2D eigenvalue weighted by Gasteiger charge is -2.34. The molecular weight excluding hydrogens is 307 g/mol. The highest BCUT2D eigenvalue weighted by Crippen LogP contribution is 2.26. The summed E-state index contributed by atoms with van der Waals surface area (Å²) < 4.78 is 39.3. The Morgan fingerprint density at radius 2 is 2.18 bits per heavy atom. The van der Waals surface area contributed by atoms with Crippen LogP contribution < -0.4 is 9.62 Å². The Labute approximate surface area is 128 Å². The molecule has 1 aliphatic heterocycles. The van der Waals surface area contributed by atoms with Crippen LogP contribution in [-0.2, 0) is 10.0 Å². The zero-order valence-corrected chi connectivity index (χ0v) is 13.0. The van der Waals surface area contributed by atoms with Crippen LogP contribution in [0.5, 0.6) is 0 Å². The molecule has 118 valence electrons. The zero-order chi connectivity index (χ0) is 15.7. The second-order valence-corrected chi connectivity index (χ2v) is 7.29. The van der Waals surface area contributed by atoms with Crippen LogP contribution in [0, 0.1) is 5.82 Å². The molecule has 1 unspecified atom stereocenters. The number of nitrogens with zero attached hydrogens (tertiary/aromatic N) is 3. The van der Waals surface area contributed by atoms with E-state index in [9.17, 15) is 12.8 Å². The highest BCUT2D eigenvalue weighted by molar-refractivity contribution is 7.88. The molecule has 0 bridgehead atoms. The van der Waals surface area contributed by atoms with Gasteiger partial charge in [0.25, 0.3) is 0 Å². The van der Waals surface area contributed by atoms with Crippen molar-refractivity contribution in [3.63, 3.8) is 0 Å². The number of aromatic nitrogens is 2. The largest absolute Gasteiger partial charge is 0.354 e. The van der Waals surface area contributed by atoms with E-state index >= 15 is 0 Å². The van der Waals surface area contributed by atoms with Gasteiger partial charge in [0.1, 0.15) is 23.5 Å². The molecule has 0 saturated carbocycles. The first-order chi connectivity index (χ1) is 10.4. The molecule has 6 nitrogen and oxygen atoms in total. The number of benzene rings is 1. The summed E-state index contributed by atoms with van der Waals surface area (Å²) in [6.07, 6.45) is 4.12. The summed E-state index contributed by atoms with van der Waals surface area (Å²) in [5.41, 5.74) is 0.283. The monoisotopic (exact) mass is 324 g/mol. The Bertz CT molecular complexity index is 797. The summed E-state index contributed by atoms with van der Waals surface area (Å²) in [6, 6.07) is 4.60. The molecule has 0 radical (unpaired) electrons. The van der Waals surface area contributed by atoms with Gasteiger partial charge >= 0.3 is 0 Å². The van der Waals surface area contributed by atoms with E-state index in [0.717, 1.165) is 25.6 Å². The number of para-hydroxylation sites is 1. The molecule has 3 rings (SSSR count). The number of fused-ring (bicyclic) bond motifs is 1. The molecule has 8 heteroatoms. The summed E-state index contributed by atoms with van der Waals surface area (Å²) in [6.45, 7) is 1.26. The van der Waals surface area contributed by atoms with Gasteiger partial charge in [0.15, 0.2) is 0 Å². The highest BCUT2D eigenvalue weighted by atomic mass is 32.2. The molecule has 0 spiro atoms. The van der Waals surface area contributed by atoms with Gasteiger partial charge in [-0.25, -0.2) is 27.5 Å². The highest BCUT2D eigenvalue weighted by Gasteiger charge is 2.24. The molecule has 1 fully saturated rings. The minimum Gasteiger partial charge on any atom is -0.354 e. The standard InChI is InChI=1S/C14H17FN4O2S/c1-22(20,21)18-10-4-3-7-19(8-10)14-11-5-2-6-12(15)13(11)16-9-17-14/h2,5-6,9-10,18H,3-4,7-8H2,1H3.